The number of carbonyl (C=O) groups is 1. The van der Waals surface area contributed by atoms with Gasteiger partial charge in [0.1, 0.15) is 5.82 Å². The molecule has 0 heterocycles. The van der Waals surface area contributed by atoms with Crippen molar-refractivity contribution in [1.82, 2.24) is 0 Å². The highest BCUT2D eigenvalue weighted by atomic mass is 19.1. The maximum absolute atomic E-state index is 13.4. The fourth-order valence-electron chi connectivity index (χ4n) is 2.00. The van der Waals surface area contributed by atoms with Crippen molar-refractivity contribution in [1.29, 1.82) is 0 Å². The first-order chi connectivity index (χ1) is 7.18. The third kappa shape index (κ3) is 1.91. The standard InChI is InChI=1S/C12H11FO2/c13-11-6-2-4-9-8(7-12(14)15)3-1-5-10(9)11/h2,4,6-7H,1,3,5H2,(H,14,15)/b8-7-. The lowest BCUT2D eigenvalue weighted by molar-refractivity contribution is -0.131. The van der Waals surface area contributed by atoms with Gasteiger partial charge in [0.25, 0.3) is 0 Å². The van der Waals surface area contributed by atoms with Gasteiger partial charge in [-0.25, -0.2) is 9.18 Å². The van der Waals surface area contributed by atoms with Gasteiger partial charge in [0.2, 0.25) is 0 Å². The number of hydrogen-bond donors (Lipinski definition) is 1. The Morgan fingerprint density at radius 2 is 2.20 bits per heavy atom. The SMILES string of the molecule is O=C(O)/C=C1/CCCc2c(F)cccc21. The molecule has 2 nitrogen and oxygen atoms in total. The quantitative estimate of drug-likeness (QED) is 0.717. The molecule has 1 aliphatic rings. The first-order valence-electron chi connectivity index (χ1n) is 4.90. The fraction of sp³-hybridized carbons (Fsp3) is 0.250. The lowest BCUT2D eigenvalue weighted by atomic mass is 9.87. The molecule has 0 aliphatic heterocycles. The van der Waals surface area contributed by atoms with Crippen molar-refractivity contribution in [3.63, 3.8) is 0 Å². The Hall–Kier alpha value is -1.64. The van der Waals surface area contributed by atoms with E-state index in [1.54, 1.807) is 12.1 Å². The maximum Gasteiger partial charge on any atom is 0.328 e. The number of fused-ring (bicyclic) bond motifs is 1. The molecule has 2 rings (SSSR count). The Morgan fingerprint density at radius 1 is 1.40 bits per heavy atom. The number of carboxylic acids is 1. The van der Waals surface area contributed by atoms with Crippen molar-refractivity contribution >= 4 is 11.5 Å². The number of benzene rings is 1. The van der Waals surface area contributed by atoms with Gasteiger partial charge in [0.05, 0.1) is 0 Å². The van der Waals surface area contributed by atoms with Gasteiger partial charge in [-0.2, -0.15) is 0 Å². The van der Waals surface area contributed by atoms with Crippen molar-refractivity contribution in [2.45, 2.75) is 19.3 Å². The van der Waals surface area contributed by atoms with Crippen LogP contribution in [0, 0.1) is 5.82 Å². The van der Waals surface area contributed by atoms with Crippen LogP contribution in [0.3, 0.4) is 0 Å². The number of aliphatic carboxylic acids is 1. The topological polar surface area (TPSA) is 37.3 Å². The predicted molar refractivity (Wildman–Crippen MR) is 55.0 cm³/mol. The van der Waals surface area contributed by atoms with E-state index in [0.717, 1.165) is 17.6 Å². The number of halogens is 1. The molecule has 1 aromatic carbocycles. The molecule has 0 saturated carbocycles. The summed E-state index contributed by atoms with van der Waals surface area (Å²) in [6, 6.07) is 4.82. The summed E-state index contributed by atoms with van der Waals surface area (Å²) < 4.78 is 13.4. The number of allylic oxidation sites excluding steroid dienone is 1. The highest BCUT2D eigenvalue weighted by Gasteiger charge is 2.17. The van der Waals surface area contributed by atoms with E-state index >= 15 is 0 Å². The van der Waals surface area contributed by atoms with Crippen molar-refractivity contribution in [3.8, 4) is 0 Å². The normalized spacial score (nSPS) is 17.5. The molecule has 0 saturated heterocycles. The van der Waals surface area contributed by atoms with Gasteiger partial charge in [0, 0.05) is 6.08 Å². The molecule has 1 aliphatic carbocycles. The molecular formula is C12H11FO2. The fourth-order valence-corrected chi connectivity index (χ4v) is 2.00. The molecule has 0 radical (unpaired) electrons. The van der Waals surface area contributed by atoms with Crippen LogP contribution in [0.1, 0.15) is 24.0 Å². The van der Waals surface area contributed by atoms with E-state index in [1.165, 1.54) is 12.1 Å². The number of rotatable bonds is 1. The van der Waals surface area contributed by atoms with Gasteiger partial charge < -0.3 is 5.11 Å². The van der Waals surface area contributed by atoms with Crippen molar-refractivity contribution < 1.29 is 14.3 Å². The minimum atomic E-state index is -0.970. The Balaban J connectivity index is 2.52. The molecule has 1 N–H and O–H groups in total. The van der Waals surface area contributed by atoms with Gasteiger partial charge >= 0.3 is 5.97 Å². The van der Waals surface area contributed by atoms with Crippen LogP contribution in [0.25, 0.3) is 5.57 Å². The highest BCUT2D eigenvalue weighted by molar-refractivity contribution is 5.90. The van der Waals surface area contributed by atoms with E-state index in [-0.39, 0.29) is 5.82 Å². The molecule has 3 heteroatoms. The van der Waals surface area contributed by atoms with Gasteiger partial charge in [-0.15, -0.1) is 0 Å². The molecule has 0 spiro atoms. The van der Waals surface area contributed by atoms with Crippen LogP contribution in [-0.4, -0.2) is 11.1 Å². The average molecular weight is 206 g/mol. The zero-order chi connectivity index (χ0) is 10.8. The first kappa shape index (κ1) is 9.90. The van der Waals surface area contributed by atoms with Crippen molar-refractivity contribution in [2.24, 2.45) is 0 Å². The summed E-state index contributed by atoms with van der Waals surface area (Å²) in [6.45, 7) is 0. The zero-order valence-corrected chi connectivity index (χ0v) is 8.16. The molecule has 78 valence electrons. The minimum Gasteiger partial charge on any atom is -0.478 e. The second-order valence-corrected chi connectivity index (χ2v) is 3.63. The van der Waals surface area contributed by atoms with E-state index < -0.39 is 5.97 Å². The predicted octanol–water partition coefficient (Wildman–Crippen LogP) is 2.63. The van der Waals surface area contributed by atoms with Gasteiger partial charge in [-0.1, -0.05) is 12.1 Å². The Morgan fingerprint density at radius 3 is 2.93 bits per heavy atom. The molecule has 0 unspecified atom stereocenters. The molecule has 0 fully saturated rings. The van der Waals surface area contributed by atoms with Gasteiger partial charge in [-0.05, 0) is 42.0 Å². The van der Waals surface area contributed by atoms with Crippen LogP contribution in [0.4, 0.5) is 4.39 Å². The van der Waals surface area contributed by atoms with E-state index in [2.05, 4.69) is 0 Å². The molecule has 1 aromatic rings. The monoisotopic (exact) mass is 206 g/mol. The summed E-state index contributed by atoms with van der Waals surface area (Å²) >= 11 is 0. The maximum atomic E-state index is 13.4. The first-order valence-corrected chi connectivity index (χ1v) is 4.90. The molecule has 0 aromatic heterocycles. The van der Waals surface area contributed by atoms with Crippen LogP contribution in [0.15, 0.2) is 24.3 Å². The van der Waals surface area contributed by atoms with E-state index in [0.29, 0.717) is 18.4 Å². The summed E-state index contributed by atoms with van der Waals surface area (Å²) in [4.78, 5) is 10.6. The van der Waals surface area contributed by atoms with E-state index in [4.69, 9.17) is 5.11 Å². The van der Waals surface area contributed by atoms with Crippen LogP contribution in [0.2, 0.25) is 0 Å². The summed E-state index contributed by atoms with van der Waals surface area (Å²) in [5, 5.41) is 8.69. The highest BCUT2D eigenvalue weighted by Crippen LogP contribution is 2.31. The lowest BCUT2D eigenvalue weighted by Gasteiger charge is -2.18. The molecule has 0 amide bonds. The van der Waals surface area contributed by atoms with Crippen LogP contribution < -0.4 is 0 Å². The minimum absolute atomic E-state index is 0.233. The van der Waals surface area contributed by atoms with Crippen LogP contribution in [-0.2, 0) is 11.2 Å². The number of carboxylic acid groups (broad SMARTS) is 1. The molecule has 15 heavy (non-hydrogen) atoms. The third-order valence-electron chi connectivity index (χ3n) is 2.64. The summed E-state index contributed by atoms with van der Waals surface area (Å²) in [6.07, 6.45) is 3.40. The van der Waals surface area contributed by atoms with Gasteiger partial charge in [0.15, 0.2) is 0 Å². The summed E-state index contributed by atoms with van der Waals surface area (Å²) in [5.74, 6) is -1.20. The zero-order valence-electron chi connectivity index (χ0n) is 8.16. The second-order valence-electron chi connectivity index (χ2n) is 3.63. The van der Waals surface area contributed by atoms with Gasteiger partial charge in [-0.3, -0.25) is 0 Å². The van der Waals surface area contributed by atoms with Crippen molar-refractivity contribution in [3.05, 3.63) is 41.2 Å². The van der Waals surface area contributed by atoms with E-state index in [1.807, 2.05) is 0 Å². The Labute approximate surface area is 87.0 Å². The Bertz CT molecular complexity index is 435. The lowest BCUT2D eigenvalue weighted by Crippen LogP contribution is -2.05. The third-order valence-corrected chi connectivity index (χ3v) is 2.64. The second kappa shape index (κ2) is 3.85. The smallest absolute Gasteiger partial charge is 0.328 e. The average Bonchev–Trinajstić information content (AvgIpc) is 2.19. The van der Waals surface area contributed by atoms with Crippen LogP contribution >= 0.6 is 0 Å². The molecule has 0 atom stereocenters. The summed E-state index contributed by atoms with van der Waals surface area (Å²) in [7, 11) is 0. The number of hydrogen-bond acceptors (Lipinski definition) is 1. The van der Waals surface area contributed by atoms with E-state index in [9.17, 15) is 9.18 Å². The Kier molecular flexibility index (Phi) is 2.54. The van der Waals surface area contributed by atoms with Crippen molar-refractivity contribution in [2.75, 3.05) is 0 Å². The van der Waals surface area contributed by atoms with Crippen LogP contribution in [0.5, 0.6) is 0 Å². The molecule has 0 bridgehead atoms. The molecular weight excluding hydrogens is 195 g/mol. The summed E-state index contributed by atoms with van der Waals surface area (Å²) in [5.41, 5.74) is 2.13. The largest absolute Gasteiger partial charge is 0.478 e.